The Labute approximate surface area is 355 Å². The first kappa shape index (κ1) is 35.0. The second-order valence-corrected chi connectivity index (χ2v) is 16.0. The lowest BCUT2D eigenvalue weighted by atomic mass is 9.67. The fourth-order valence-corrected chi connectivity index (χ4v) is 10.1. The van der Waals surface area contributed by atoms with Gasteiger partial charge < -0.3 is 9.32 Å². The molecule has 0 fully saturated rings. The summed E-state index contributed by atoms with van der Waals surface area (Å²) in [7, 11) is 0. The van der Waals surface area contributed by atoms with Crippen LogP contribution in [0.15, 0.2) is 241 Å². The molecule has 0 saturated heterocycles. The quantitative estimate of drug-likeness (QED) is 0.160. The molecule has 0 atom stereocenters. The second-order valence-electron chi connectivity index (χ2n) is 16.0. The van der Waals surface area contributed by atoms with Crippen molar-refractivity contribution < 1.29 is 4.42 Å². The molecule has 2 heteroatoms. The van der Waals surface area contributed by atoms with E-state index >= 15 is 0 Å². The molecule has 0 N–H and O–H groups in total. The predicted octanol–water partition coefficient (Wildman–Crippen LogP) is 15.9. The summed E-state index contributed by atoms with van der Waals surface area (Å²) >= 11 is 0. The van der Waals surface area contributed by atoms with Gasteiger partial charge in [0.25, 0.3) is 0 Å². The summed E-state index contributed by atoms with van der Waals surface area (Å²) in [6.45, 7) is 0. The van der Waals surface area contributed by atoms with Gasteiger partial charge in [-0.3, -0.25) is 0 Å². The van der Waals surface area contributed by atoms with Gasteiger partial charge in [0, 0.05) is 33.1 Å². The first-order chi connectivity index (χ1) is 30.3. The first-order valence-electron chi connectivity index (χ1n) is 21.0. The Hall–Kier alpha value is -7.94. The maximum atomic E-state index is 6.84. The third-order valence-electron chi connectivity index (χ3n) is 12.7. The lowest BCUT2D eigenvalue weighted by Gasteiger charge is -2.35. The highest BCUT2D eigenvalue weighted by atomic mass is 16.3. The molecule has 286 valence electrons. The van der Waals surface area contributed by atoms with Crippen molar-refractivity contribution in [3.63, 3.8) is 0 Å². The number of fused-ring (bicyclic) bond motifs is 8. The molecule has 1 aromatic heterocycles. The van der Waals surface area contributed by atoms with E-state index in [-0.39, 0.29) is 0 Å². The van der Waals surface area contributed by atoms with Gasteiger partial charge in [0.1, 0.15) is 11.2 Å². The van der Waals surface area contributed by atoms with Crippen molar-refractivity contribution in [3.05, 3.63) is 259 Å². The summed E-state index contributed by atoms with van der Waals surface area (Å²) in [5.74, 6) is 0. The zero-order chi connectivity index (χ0) is 40.3. The van der Waals surface area contributed by atoms with Crippen LogP contribution in [0.1, 0.15) is 22.3 Å². The van der Waals surface area contributed by atoms with Crippen molar-refractivity contribution in [1.82, 2.24) is 0 Å². The van der Waals surface area contributed by atoms with Crippen LogP contribution in [0.2, 0.25) is 0 Å². The van der Waals surface area contributed by atoms with Gasteiger partial charge in [-0.25, -0.2) is 0 Å². The fourth-order valence-electron chi connectivity index (χ4n) is 10.1. The third kappa shape index (κ3) is 5.43. The third-order valence-corrected chi connectivity index (χ3v) is 12.7. The molecule has 12 rings (SSSR count). The molecule has 0 spiro atoms. The van der Waals surface area contributed by atoms with E-state index in [4.69, 9.17) is 4.42 Å². The van der Waals surface area contributed by atoms with Gasteiger partial charge in [-0.1, -0.05) is 194 Å². The Bertz CT molecular complexity index is 3350. The molecule has 11 aromatic rings. The van der Waals surface area contributed by atoms with Gasteiger partial charge in [-0.2, -0.15) is 0 Å². The Morgan fingerprint density at radius 2 is 0.951 bits per heavy atom. The Morgan fingerprint density at radius 3 is 1.67 bits per heavy atom. The fraction of sp³-hybridized carbons (Fsp3) is 0.0169. The van der Waals surface area contributed by atoms with Crippen molar-refractivity contribution in [3.8, 4) is 33.4 Å². The Kier molecular flexibility index (Phi) is 8.11. The normalized spacial score (nSPS) is 12.7. The monoisotopic (exact) mass is 777 g/mol. The lowest BCUT2D eigenvalue weighted by molar-refractivity contribution is 0.673. The second kappa shape index (κ2) is 14.1. The van der Waals surface area contributed by atoms with Gasteiger partial charge >= 0.3 is 0 Å². The van der Waals surface area contributed by atoms with Crippen LogP contribution in [0.25, 0.3) is 66.1 Å². The number of rotatable bonds is 7. The average Bonchev–Trinajstić information content (AvgIpc) is 3.87. The number of benzene rings is 10. The SMILES string of the molecule is c1ccc(-c2ccc(N(c3ccc4c(c3)C(c3ccccc3)(c3ccccc3)c3ccccc3-4)c3ccc4oc5c6ccccc6ccc5c4c3-c3ccccc3)cc2)cc1. The molecule has 0 bridgehead atoms. The molecule has 0 radical (unpaired) electrons. The summed E-state index contributed by atoms with van der Waals surface area (Å²) < 4.78 is 6.84. The summed E-state index contributed by atoms with van der Waals surface area (Å²) in [4.78, 5) is 2.46. The van der Waals surface area contributed by atoms with E-state index in [0.29, 0.717) is 0 Å². The molecule has 0 aliphatic heterocycles. The molecule has 1 aliphatic rings. The van der Waals surface area contributed by atoms with Gasteiger partial charge in [-0.15, -0.1) is 0 Å². The Morgan fingerprint density at radius 1 is 0.377 bits per heavy atom. The van der Waals surface area contributed by atoms with Crippen molar-refractivity contribution in [2.45, 2.75) is 5.41 Å². The van der Waals surface area contributed by atoms with Crippen LogP contribution in [-0.2, 0) is 5.41 Å². The van der Waals surface area contributed by atoms with Crippen molar-refractivity contribution >= 4 is 49.8 Å². The highest BCUT2D eigenvalue weighted by molar-refractivity contribution is 6.21. The van der Waals surface area contributed by atoms with E-state index in [0.717, 1.165) is 60.9 Å². The van der Waals surface area contributed by atoms with Crippen LogP contribution in [0.3, 0.4) is 0 Å². The van der Waals surface area contributed by atoms with E-state index in [2.05, 4.69) is 241 Å². The molecule has 2 nitrogen and oxygen atoms in total. The Balaban J connectivity index is 1.17. The molecule has 1 heterocycles. The summed E-state index contributed by atoms with van der Waals surface area (Å²) in [6, 6.07) is 86.0. The number of hydrogen-bond acceptors (Lipinski definition) is 2. The molecular formula is C59H39NO. The topological polar surface area (TPSA) is 16.4 Å². The van der Waals surface area contributed by atoms with Gasteiger partial charge in [0.05, 0.1) is 11.1 Å². The number of nitrogens with zero attached hydrogens (tertiary/aromatic N) is 1. The molecule has 10 aromatic carbocycles. The standard InChI is InChI=1S/C59H39NO/c1-5-17-40(18-6-1)41-29-32-46(33-30-41)60(54-37-38-55-57(56(54)43-20-7-2-8-21-43)51-35-31-42-19-13-14-26-48(42)58(51)61-55)47-34-36-50-49-27-15-16-28-52(49)59(53(50)39-47,44-22-9-3-10-23-44)45-24-11-4-12-25-45/h1-39H. The lowest BCUT2D eigenvalue weighted by Crippen LogP contribution is -2.28. The minimum atomic E-state index is -0.540. The van der Waals surface area contributed by atoms with Crippen LogP contribution in [0.5, 0.6) is 0 Å². The highest BCUT2D eigenvalue weighted by Gasteiger charge is 2.46. The molecule has 61 heavy (non-hydrogen) atoms. The van der Waals surface area contributed by atoms with Crippen molar-refractivity contribution in [1.29, 1.82) is 0 Å². The summed E-state index contributed by atoms with van der Waals surface area (Å²) in [6.07, 6.45) is 0. The van der Waals surface area contributed by atoms with E-state index < -0.39 is 5.41 Å². The molecule has 1 aliphatic carbocycles. The minimum absolute atomic E-state index is 0.540. The van der Waals surface area contributed by atoms with Crippen molar-refractivity contribution in [2.24, 2.45) is 0 Å². The van der Waals surface area contributed by atoms with Crippen LogP contribution >= 0.6 is 0 Å². The van der Waals surface area contributed by atoms with Crippen LogP contribution in [0, 0.1) is 0 Å². The van der Waals surface area contributed by atoms with Crippen molar-refractivity contribution in [2.75, 3.05) is 4.90 Å². The van der Waals surface area contributed by atoms with Crippen LogP contribution in [-0.4, -0.2) is 0 Å². The maximum absolute atomic E-state index is 6.84. The molecule has 0 amide bonds. The zero-order valence-electron chi connectivity index (χ0n) is 33.4. The minimum Gasteiger partial charge on any atom is -0.455 e. The van der Waals surface area contributed by atoms with E-state index in [1.165, 1.54) is 44.5 Å². The van der Waals surface area contributed by atoms with E-state index in [1.807, 2.05) is 0 Å². The molecular weight excluding hydrogens is 739 g/mol. The van der Waals surface area contributed by atoms with E-state index in [9.17, 15) is 0 Å². The number of anilines is 3. The summed E-state index contributed by atoms with van der Waals surface area (Å²) in [5, 5.41) is 4.48. The highest BCUT2D eigenvalue weighted by Crippen LogP contribution is 2.58. The largest absolute Gasteiger partial charge is 0.455 e. The summed E-state index contributed by atoms with van der Waals surface area (Å²) in [5.41, 5.74) is 16.6. The van der Waals surface area contributed by atoms with Crippen LogP contribution in [0.4, 0.5) is 17.1 Å². The zero-order valence-corrected chi connectivity index (χ0v) is 33.4. The first-order valence-corrected chi connectivity index (χ1v) is 21.0. The molecule has 0 unspecified atom stereocenters. The smallest absolute Gasteiger partial charge is 0.143 e. The predicted molar refractivity (Wildman–Crippen MR) is 254 cm³/mol. The maximum Gasteiger partial charge on any atom is 0.143 e. The van der Waals surface area contributed by atoms with Gasteiger partial charge in [-0.05, 0) is 97.9 Å². The van der Waals surface area contributed by atoms with Crippen LogP contribution < -0.4 is 4.90 Å². The number of hydrogen-bond donors (Lipinski definition) is 0. The number of furan rings is 1. The average molecular weight is 778 g/mol. The van der Waals surface area contributed by atoms with Gasteiger partial charge in [0.15, 0.2) is 0 Å². The van der Waals surface area contributed by atoms with E-state index in [1.54, 1.807) is 0 Å². The molecule has 0 saturated carbocycles. The van der Waals surface area contributed by atoms with Gasteiger partial charge in [0.2, 0.25) is 0 Å².